The smallest absolute Gasteiger partial charge is 0.319 e. The summed E-state index contributed by atoms with van der Waals surface area (Å²) in [5.74, 6) is -1.77. The maximum Gasteiger partial charge on any atom is 0.319 e. The highest BCUT2D eigenvalue weighted by Crippen LogP contribution is 2.32. The number of benzene rings is 2. The number of nitrogens with zero attached hydrogens (tertiary/aromatic N) is 1. The second-order valence-electron chi connectivity index (χ2n) is 6.71. The van der Waals surface area contributed by atoms with E-state index in [-0.39, 0.29) is 6.04 Å². The molecule has 0 spiro atoms. The molecule has 0 radical (unpaired) electrons. The van der Waals surface area contributed by atoms with Crippen LogP contribution >= 0.6 is 11.8 Å². The van der Waals surface area contributed by atoms with E-state index in [0.717, 1.165) is 37.2 Å². The number of methoxy groups -OCH3 is 1. The zero-order chi connectivity index (χ0) is 20.6. The first-order chi connectivity index (χ1) is 14.1. The lowest BCUT2D eigenvalue weighted by molar-refractivity contribution is 0.224. The van der Waals surface area contributed by atoms with Crippen LogP contribution in [0.4, 0.5) is 19.3 Å². The average Bonchev–Trinajstić information content (AvgIpc) is 3.24. The first-order valence-corrected chi connectivity index (χ1v) is 10.4. The van der Waals surface area contributed by atoms with E-state index >= 15 is 0 Å². The van der Waals surface area contributed by atoms with Crippen LogP contribution < -0.4 is 15.4 Å². The Bertz CT molecular complexity index is 816. The van der Waals surface area contributed by atoms with Gasteiger partial charge in [-0.25, -0.2) is 4.79 Å². The highest BCUT2D eigenvalue weighted by Gasteiger charge is 2.26. The Morgan fingerprint density at radius 3 is 2.55 bits per heavy atom. The number of alkyl halides is 2. The van der Waals surface area contributed by atoms with Crippen molar-refractivity contribution in [3.63, 3.8) is 0 Å². The molecular weight excluding hydrogens is 396 g/mol. The second kappa shape index (κ2) is 10.5. The van der Waals surface area contributed by atoms with Crippen LogP contribution in [0.25, 0.3) is 0 Å². The van der Waals surface area contributed by atoms with E-state index in [1.807, 2.05) is 24.3 Å². The van der Waals surface area contributed by atoms with Crippen LogP contribution in [0.15, 0.2) is 53.4 Å². The highest BCUT2D eigenvalue weighted by molar-refractivity contribution is 7.99. The predicted octanol–water partition coefficient (Wildman–Crippen LogP) is 4.97. The number of thioether (sulfide) groups is 1. The Labute approximate surface area is 173 Å². The molecule has 2 amide bonds. The molecule has 29 heavy (non-hydrogen) atoms. The van der Waals surface area contributed by atoms with Crippen molar-refractivity contribution < 1.29 is 18.3 Å². The molecular formula is C21H25F2N3O2S. The topological polar surface area (TPSA) is 53.6 Å². The van der Waals surface area contributed by atoms with E-state index in [1.54, 1.807) is 31.4 Å². The lowest BCUT2D eigenvalue weighted by Gasteiger charge is -2.29. The second-order valence-corrected chi connectivity index (χ2v) is 7.74. The molecule has 1 atom stereocenters. The molecule has 0 aromatic heterocycles. The van der Waals surface area contributed by atoms with Gasteiger partial charge in [-0.05, 0) is 44.1 Å². The van der Waals surface area contributed by atoms with Crippen LogP contribution in [-0.4, -0.2) is 43.4 Å². The SMILES string of the molecule is COc1ccccc1C(CNC(=O)Nc1ccccc1SC(F)F)N1CCCC1. The van der Waals surface area contributed by atoms with E-state index in [4.69, 9.17) is 4.74 Å². The molecule has 3 rings (SSSR count). The Kier molecular flexibility index (Phi) is 7.71. The molecule has 1 heterocycles. The van der Waals surface area contributed by atoms with E-state index in [1.165, 1.54) is 0 Å². The van der Waals surface area contributed by atoms with Crippen LogP contribution in [0.2, 0.25) is 0 Å². The van der Waals surface area contributed by atoms with Gasteiger partial charge in [-0.15, -0.1) is 0 Å². The summed E-state index contributed by atoms with van der Waals surface area (Å²) in [4.78, 5) is 15.2. The molecule has 0 saturated carbocycles. The number of rotatable bonds is 8. The lowest BCUT2D eigenvalue weighted by atomic mass is 10.0. The molecule has 1 fully saturated rings. The molecule has 2 aromatic carbocycles. The minimum atomic E-state index is -2.55. The van der Waals surface area contributed by atoms with E-state index in [0.29, 0.717) is 28.9 Å². The van der Waals surface area contributed by atoms with Crippen LogP contribution in [0.3, 0.4) is 0 Å². The number of likely N-dealkylation sites (tertiary alicyclic amines) is 1. The Hall–Kier alpha value is -2.32. The van der Waals surface area contributed by atoms with Crippen molar-refractivity contribution in [3.05, 3.63) is 54.1 Å². The van der Waals surface area contributed by atoms with Crippen molar-refractivity contribution in [1.29, 1.82) is 0 Å². The first kappa shape index (κ1) is 21.4. The van der Waals surface area contributed by atoms with Crippen LogP contribution in [0.1, 0.15) is 24.4 Å². The number of nitrogens with one attached hydrogen (secondary N) is 2. The van der Waals surface area contributed by atoms with Gasteiger partial charge in [-0.2, -0.15) is 8.78 Å². The third-order valence-electron chi connectivity index (χ3n) is 4.89. The van der Waals surface area contributed by atoms with Crippen molar-refractivity contribution in [1.82, 2.24) is 10.2 Å². The van der Waals surface area contributed by atoms with Gasteiger partial charge in [-0.1, -0.05) is 42.1 Å². The number of urea groups is 1. The van der Waals surface area contributed by atoms with Gasteiger partial charge < -0.3 is 15.4 Å². The van der Waals surface area contributed by atoms with Gasteiger partial charge in [0.2, 0.25) is 0 Å². The number of hydrogen-bond acceptors (Lipinski definition) is 4. The molecule has 0 bridgehead atoms. The van der Waals surface area contributed by atoms with Crippen molar-refractivity contribution in [2.24, 2.45) is 0 Å². The van der Waals surface area contributed by atoms with E-state index in [9.17, 15) is 13.6 Å². The van der Waals surface area contributed by atoms with Crippen molar-refractivity contribution in [2.45, 2.75) is 29.5 Å². The fourth-order valence-corrected chi connectivity index (χ4v) is 4.15. The fraction of sp³-hybridized carbons (Fsp3) is 0.381. The summed E-state index contributed by atoms with van der Waals surface area (Å²) < 4.78 is 31.0. The predicted molar refractivity (Wildman–Crippen MR) is 112 cm³/mol. The van der Waals surface area contributed by atoms with Gasteiger partial charge in [0.1, 0.15) is 5.75 Å². The minimum absolute atomic E-state index is 0.0231. The van der Waals surface area contributed by atoms with E-state index in [2.05, 4.69) is 15.5 Å². The molecule has 2 N–H and O–H groups in total. The Balaban J connectivity index is 1.69. The molecule has 5 nitrogen and oxygen atoms in total. The van der Waals surface area contributed by atoms with Crippen LogP contribution in [0.5, 0.6) is 5.75 Å². The number of para-hydroxylation sites is 2. The molecule has 1 unspecified atom stereocenters. The Morgan fingerprint density at radius 2 is 1.83 bits per heavy atom. The molecule has 8 heteroatoms. The third kappa shape index (κ3) is 5.83. The quantitative estimate of drug-likeness (QED) is 0.591. The zero-order valence-electron chi connectivity index (χ0n) is 16.2. The van der Waals surface area contributed by atoms with Crippen LogP contribution in [0, 0.1) is 0 Å². The van der Waals surface area contributed by atoms with E-state index < -0.39 is 11.8 Å². The molecule has 1 saturated heterocycles. The van der Waals surface area contributed by atoms with Gasteiger partial charge in [0, 0.05) is 17.0 Å². The zero-order valence-corrected chi connectivity index (χ0v) is 17.1. The largest absolute Gasteiger partial charge is 0.496 e. The van der Waals surface area contributed by atoms with Gasteiger partial charge in [0.05, 0.1) is 18.8 Å². The van der Waals surface area contributed by atoms with Gasteiger partial charge in [0.15, 0.2) is 0 Å². The molecule has 1 aliphatic rings. The molecule has 2 aromatic rings. The van der Waals surface area contributed by atoms with Crippen molar-refractivity contribution in [2.75, 3.05) is 32.1 Å². The molecule has 0 aliphatic carbocycles. The monoisotopic (exact) mass is 421 g/mol. The summed E-state index contributed by atoms with van der Waals surface area (Å²) in [6, 6.07) is 13.9. The summed E-state index contributed by atoms with van der Waals surface area (Å²) in [6.45, 7) is 2.30. The number of carbonyl (C=O) groups is 1. The normalized spacial score (nSPS) is 15.3. The number of ether oxygens (including phenoxy) is 1. The maximum atomic E-state index is 12.7. The molecule has 156 valence electrons. The van der Waals surface area contributed by atoms with Crippen molar-refractivity contribution >= 4 is 23.5 Å². The number of carbonyl (C=O) groups excluding carboxylic acids is 1. The number of anilines is 1. The standard InChI is InChI=1S/C21H25F2N3O2S/c1-28-18-10-4-2-8-15(18)17(26-12-6-7-13-26)14-24-21(27)25-16-9-3-5-11-19(16)29-20(22)23/h2-5,8-11,17,20H,6-7,12-14H2,1H3,(H2,24,25,27). The van der Waals surface area contributed by atoms with Gasteiger partial charge in [-0.3, -0.25) is 4.90 Å². The van der Waals surface area contributed by atoms with Gasteiger partial charge >= 0.3 is 6.03 Å². The maximum absolute atomic E-state index is 12.7. The average molecular weight is 422 g/mol. The highest BCUT2D eigenvalue weighted by atomic mass is 32.2. The number of amides is 2. The van der Waals surface area contributed by atoms with Crippen molar-refractivity contribution in [3.8, 4) is 5.75 Å². The summed E-state index contributed by atoms with van der Waals surface area (Å²) >= 11 is 0.413. The van der Waals surface area contributed by atoms with Crippen LogP contribution in [-0.2, 0) is 0 Å². The number of halogens is 2. The summed E-state index contributed by atoms with van der Waals surface area (Å²) in [7, 11) is 1.64. The summed E-state index contributed by atoms with van der Waals surface area (Å²) in [5, 5.41) is 5.58. The number of hydrogen-bond donors (Lipinski definition) is 2. The summed E-state index contributed by atoms with van der Waals surface area (Å²) in [5.41, 5.74) is 1.39. The summed E-state index contributed by atoms with van der Waals surface area (Å²) in [6.07, 6.45) is 2.24. The first-order valence-electron chi connectivity index (χ1n) is 9.54. The molecule has 1 aliphatic heterocycles. The fourth-order valence-electron chi connectivity index (χ4n) is 3.56. The third-order valence-corrected chi connectivity index (χ3v) is 5.67. The Morgan fingerprint density at radius 1 is 1.14 bits per heavy atom. The lowest BCUT2D eigenvalue weighted by Crippen LogP contribution is -2.38. The van der Waals surface area contributed by atoms with Gasteiger partial charge in [0.25, 0.3) is 5.76 Å². The minimum Gasteiger partial charge on any atom is -0.496 e.